The fraction of sp³-hybridized carbons (Fsp3) is 0.381. The highest BCUT2D eigenvalue weighted by Gasteiger charge is 2.28. The Kier molecular flexibility index (Phi) is 7.34. The minimum atomic E-state index is -0.245. The summed E-state index contributed by atoms with van der Waals surface area (Å²) >= 11 is 11.8. The van der Waals surface area contributed by atoms with Gasteiger partial charge in [0.1, 0.15) is 11.6 Å². The van der Waals surface area contributed by atoms with E-state index >= 15 is 0 Å². The van der Waals surface area contributed by atoms with Crippen LogP contribution in [0.25, 0.3) is 0 Å². The van der Waals surface area contributed by atoms with Crippen molar-refractivity contribution < 1.29 is 14.3 Å². The van der Waals surface area contributed by atoms with E-state index < -0.39 is 0 Å². The second-order valence-corrected chi connectivity index (χ2v) is 7.83. The molecule has 8 heteroatoms. The van der Waals surface area contributed by atoms with Crippen molar-refractivity contribution in [1.29, 1.82) is 0 Å². The van der Waals surface area contributed by atoms with Crippen molar-refractivity contribution in [3.8, 4) is 5.75 Å². The molecular formula is C21H23Cl2N3O3. The Hall–Kier alpha value is -2.31. The van der Waals surface area contributed by atoms with E-state index in [9.17, 15) is 9.59 Å². The zero-order valence-corrected chi connectivity index (χ0v) is 17.7. The average molecular weight is 436 g/mol. The molecule has 2 heterocycles. The molecule has 1 unspecified atom stereocenters. The van der Waals surface area contributed by atoms with Crippen LogP contribution < -0.4 is 10.1 Å². The molecule has 3 rings (SSSR count). The maximum Gasteiger partial charge on any atom is 0.230 e. The number of aromatic nitrogens is 1. The molecule has 1 aliphatic heterocycles. The van der Waals surface area contributed by atoms with Gasteiger partial charge in [0.05, 0.1) is 29.0 Å². The maximum absolute atomic E-state index is 12.6. The molecule has 154 valence electrons. The monoisotopic (exact) mass is 435 g/mol. The van der Waals surface area contributed by atoms with Gasteiger partial charge in [0.2, 0.25) is 11.8 Å². The molecule has 1 aromatic carbocycles. The van der Waals surface area contributed by atoms with Crippen molar-refractivity contribution in [3.63, 3.8) is 0 Å². The first-order valence-corrected chi connectivity index (χ1v) is 10.3. The van der Waals surface area contributed by atoms with E-state index in [1.165, 1.54) is 0 Å². The molecule has 2 amide bonds. The molecule has 1 atom stereocenters. The van der Waals surface area contributed by atoms with Gasteiger partial charge in [-0.25, -0.2) is 4.98 Å². The van der Waals surface area contributed by atoms with E-state index in [2.05, 4.69) is 10.3 Å². The van der Waals surface area contributed by atoms with Gasteiger partial charge in [-0.1, -0.05) is 29.3 Å². The summed E-state index contributed by atoms with van der Waals surface area (Å²) in [7, 11) is 0. The molecule has 6 nitrogen and oxygen atoms in total. The van der Waals surface area contributed by atoms with Gasteiger partial charge in [-0.05, 0) is 43.5 Å². The fourth-order valence-corrected chi connectivity index (χ4v) is 3.52. The summed E-state index contributed by atoms with van der Waals surface area (Å²) in [6.07, 6.45) is 3.42. The number of hydrogen-bond acceptors (Lipinski definition) is 4. The van der Waals surface area contributed by atoms with Crippen molar-refractivity contribution >= 4 is 40.8 Å². The van der Waals surface area contributed by atoms with E-state index in [0.29, 0.717) is 34.7 Å². The van der Waals surface area contributed by atoms with Crippen molar-refractivity contribution in [2.75, 3.05) is 25.0 Å². The summed E-state index contributed by atoms with van der Waals surface area (Å²) in [5.41, 5.74) is 0.907. The van der Waals surface area contributed by atoms with Crippen LogP contribution in [0.4, 0.5) is 5.82 Å². The zero-order valence-electron chi connectivity index (χ0n) is 16.2. The molecule has 1 N–H and O–H groups in total. The number of nitrogens with zero attached hydrogens (tertiary/aromatic N) is 2. The molecule has 0 saturated carbocycles. The Labute approximate surface area is 180 Å². The van der Waals surface area contributed by atoms with Crippen LogP contribution in [-0.4, -0.2) is 41.4 Å². The van der Waals surface area contributed by atoms with Gasteiger partial charge in [-0.15, -0.1) is 0 Å². The number of likely N-dealkylation sites (tertiary alicyclic amines) is 1. The van der Waals surface area contributed by atoms with Crippen LogP contribution in [0, 0.1) is 12.8 Å². The molecule has 0 radical (unpaired) electrons. The highest BCUT2D eigenvalue weighted by molar-refractivity contribution is 6.42. The number of halogens is 2. The molecule has 0 aliphatic carbocycles. The standard InChI is InChI=1S/C21H23Cl2N3O3/c1-14-4-2-9-24-20(14)25-21(28)15-5-3-10-26(13-15)19(27)8-11-29-16-6-7-17(22)18(23)12-16/h2,4,6-7,9,12,15H,3,5,8,10-11,13H2,1H3,(H,24,25,28). The smallest absolute Gasteiger partial charge is 0.230 e. The van der Waals surface area contributed by atoms with Crippen molar-refractivity contribution in [3.05, 3.63) is 52.1 Å². The number of anilines is 1. The van der Waals surface area contributed by atoms with Gasteiger partial charge in [0, 0.05) is 25.4 Å². The zero-order chi connectivity index (χ0) is 20.8. The summed E-state index contributed by atoms with van der Waals surface area (Å²) < 4.78 is 5.59. The quantitative estimate of drug-likeness (QED) is 0.731. The largest absolute Gasteiger partial charge is 0.493 e. The fourth-order valence-electron chi connectivity index (χ4n) is 3.23. The normalized spacial score (nSPS) is 16.4. The van der Waals surface area contributed by atoms with E-state index in [0.717, 1.165) is 18.4 Å². The summed E-state index contributed by atoms with van der Waals surface area (Å²) in [4.78, 5) is 31.1. The average Bonchev–Trinajstić information content (AvgIpc) is 2.72. The van der Waals surface area contributed by atoms with Crippen LogP contribution in [0.15, 0.2) is 36.5 Å². The van der Waals surface area contributed by atoms with Crippen LogP contribution in [0.5, 0.6) is 5.75 Å². The first-order valence-electron chi connectivity index (χ1n) is 9.52. The number of amides is 2. The second-order valence-electron chi connectivity index (χ2n) is 7.01. The summed E-state index contributed by atoms with van der Waals surface area (Å²) in [6.45, 7) is 3.19. The SMILES string of the molecule is Cc1cccnc1NC(=O)C1CCCN(C(=O)CCOc2ccc(Cl)c(Cl)c2)C1. The number of nitrogens with one attached hydrogen (secondary N) is 1. The molecule has 1 aromatic heterocycles. The highest BCUT2D eigenvalue weighted by Crippen LogP contribution is 2.26. The predicted molar refractivity (Wildman–Crippen MR) is 113 cm³/mol. The lowest BCUT2D eigenvalue weighted by atomic mass is 9.96. The molecule has 1 aliphatic rings. The van der Waals surface area contributed by atoms with Crippen molar-refractivity contribution in [2.24, 2.45) is 5.92 Å². The molecule has 2 aromatic rings. The Morgan fingerprint density at radius 3 is 2.86 bits per heavy atom. The third kappa shape index (κ3) is 5.84. The number of carbonyl (C=O) groups excluding carboxylic acids is 2. The lowest BCUT2D eigenvalue weighted by Gasteiger charge is -2.32. The van der Waals surface area contributed by atoms with Gasteiger partial charge in [-0.3, -0.25) is 9.59 Å². The van der Waals surface area contributed by atoms with Gasteiger partial charge in [0.15, 0.2) is 0 Å². The Balaban J connectivity index is 1.49. The topological polar surface area (TPSA) is 71.5 Å². The predicted octanol–water partition coefficient (Wildman–Crippen LogP) is 4.34. The summed E-state index contributed by atoms with van der Waals surface area (Å²) in [5, 5.41) is 3.74. The van der Waals surface area contributed by atoms with E-state index in [1.54, 1.807) is 29.3 Å². The maximum atomic E-state index is 12.6. The third-order valence-corrected chi connectivity index (χ3v) is 5.61. The van der Waals surface area contributed by atoms with Gasteiger partial charge in [0.25, 0.3) is 0 Å². The van der Waals surface area contributed by atoms with Crippen LogP contribution in [0.3, 0.4) is 0 Å². The number of aryl methyl sites for hydroxylation is 1. The lowest BCUT2D eigenvalue weighted by Crippen LogP contribution is -2.44. The van der Waals surface area contributed by atoms with Crippen LogP contribution in [0.2, 0.25) is 10.0 Å². The van der Waals surface area contributed by atoms with Gasteiger partial charge in [-0.2, -0.15) is 0 Å². The highest BCUT2D eigenvalue weighted by atomic mass is 35.5. The first-order chi connectivity index (χ1) is 13.9. The van der Waals surface area contributed by atoms with Crippen LogP contribution >= 0.6 is 23.2 Å². The minimum Gasteiger partial charge on any atom is -0.493 e. The molecular weight excluding hydrogens is 413 g/mol. The Morgan fingerprint density at radius 2 is 2.10 bits per heavy atom. The number of rotatable bonds is 6. The number of piperidine rings is 1. The molecule has 29 heavy (non-hydrogen) atoms. The number of carbonyl (C=O) groups is 2. The lowest BCUT2D eigenvalue weighted by molar-refractivity contribution is -0.135. The number of benzene rings is 1. The summed E-state index contributed by atoms with van der Waals surface area (Å²) in [5.74, 6) is 0.753. The number of hydrogen-bond donors (Lipinski definition) is 1. The van der Waals surface area contributed by atoms with E-state index in [-0.39, 0.29) is 30.8 Å². The van der Waals surface area contributed by atoms with E-state index in [1.807, 2.05) is 19.1 Å². The molecule has 1 fully saturated rings. The van der Waals surface area contributed by atoms with Crippen LogP contribution in [-0.2, 0) is 9.59 Å². The van der Waals surface area contributed by atoms with Crippen molar-refractivity contribution in [1.82, 2.24) is 9.88 Å². The molecule has 0 bridgehead atoms. The second kappa shape index (κ2) is 9.94. The number of pyridine rings is 1. The Morgan fingerprint density at radius 1 is 1.28 bits per heavy atom. The van der Waals surface area contributed by atoms with Gasteiger partial charge >= 0.3 is 0 Å². The number of ether oxygens (including phenoxy) is 1. The van der Waals surface area contributed by atoms with Gasteiger partial charge < -0.3 is 15.0 Å². The molecule has 0 spiro atoms. The molecule has 1 saturated heterocycles. The van der Waals surface area contributed by atoms with Crippen LogP contribution in [0.1, 0.15) is 24.8 Å². The van der Waals surface area contributed by atoms with E-state index in [4.69, 9.17) is 27.9 Å². The van der Waals surface area contributed by atoms with Crippen molar-refractivity contribution in [2.45, 2.75) is 26.2 Å². The minimum absolute atomic E-state index is 0.0309. The Bertz CT molecular complexity index is 891. The first kappa shape index (κ1) is 21.4. The summed E-state index contributed by atoms with van der Waals surface area (Å²) in [6, 6.07) is 8.70. The third-order valence-electron chi connectivity index (χ3n) is 4.87.